The number of thiophene rings is 1. The first-order valence-electron chi connectivity index (χ1n) is 5.80. The van der Waals surface area contributed by atoms with Crippen LogP contribution < -0.4 is 5.32 Å². The van der Waals surface area contributed by atoms with Crippen molar-refractivity contribution < 1.29 is 0 Å². The summed E-state index contributed by atoms with van der Waals surface area (Å²) in [6.45, 7) is 7.05. The van der Waals surface area contributed by atoms with Crippen LogP contribution in [0.25, 0.3) is 0 Å². The van der Waals surface area contributed by atoms with Gasteiger partial charge < -0.3 is 5.32 Å². The number of aromatic nitrogens is 2. The van der Waals surface area contributed by atoms with Crippen LogP contribution in [0.4, 0.5) is 0 Å². The molecule has 0 aliphatic heterocycles. The quantitative estimate of drug-likeness (QED) is 0.902. The zero-order chi connectivity index (χ0) is 12.3. The summed E-state index contributed by atoms with van der Waals surface area (Å²) < 4.78 is 0. The molecule has 0 amide bonds. The third-order valence-electron chi connectivity index (χ3n) is 2.69. The molecule has 90 valence electrons. The van der Waals surface area contributed by atoms with Crippen molar-refractivity contribution in [1.82, 2.24) is 15.5 Å². The number of nitrogens with zero attached hydrogens (tertiary/aromatic N) is 2. The van der Waals surface area contributed by atoms with E-state index in [9.17, 15) is 0 Å². The minimum atomic E-state index is 0.231. The molecule has 0 saturated carbocycles. The van der Waals surface area contributed by atoms with Crippen molar-refractivity contribution in [2.75, 3.05) is 6.54 Å². The van der Waals surface area contributed by atoms with Gasteiger partial charge >= 0.3 is 0 Å². The Morgan fingerprint density at radius 1 is 1.35 bits per heavy atom. The topological polar surface area (TPSA) is 37.8 Å². The molecule has 0 radical (unpaired) electrons. The van der Waals surface area contributed by atoms with Crippen molar-refractivity contribution in [3.05, 3.63) is 45.4 Å². The summed E-state index contributed by atoms with van der Waals surface area (Å²) in [7, 11) is 0. The molecule has 4 heteroatoms. The van der Waals surface area contributed by atoms with Gasteiger partial charge in [-0.1, -0.05) is 13.0 Å². The van der Waals surface area contributed by atoms with Crippen LogP contribution in [0.15, 0.2) is 23.6 Å². The lowest BCUT2D eigenvalue weighted by molar-refractivity contribution is 0.629. The van der Waals surface area contributed by atoms with Crippen LogP contribution >= 0.6 is 11.3 Å². The van der Waals surface area contributed by atoms with Crippen LogP contribution in [-0.2, 0) is 0 Å². The van der Waals surface area contributed by atoms with E-state index in [0.717, 1.165) is 17.9 Å². The summed E-state index contributed by atoms with van der Waals surface area (Å²) in [6.07, 6.45) is 0. The highest BCUT2D eigenvalue weighted by Crippen LogP contribution is 2.27. The van der Waals surface area contributed by atoms with Gasteiger partial charge in [-0.3, -0.25) is 0 Å². The van der Waals surface area contributed by atoms with Crippen LogP contribution in [-0.4, -0.2) is 16.7 Å². The van der Waals surface area contributed by atoms with Crippen LogP contribution in [0.1, 0.15) is 34.8 Å². The lowest BCUT2D eigenvalue weighted by Gasteiger charge is -2.18. The van der Waals surface area contributed by atoms with Crippen molar-refractivity contribution in [1.29, 1.82) is 0 Å². The second-order valence-electron chi connectivity index (χ2n) is 4.03. The zero-order valence-electron chi connectivity index (χ0n) is 10.4. The maximum atomic E-state index is 4.21. The van der Waals surface area contributed by atoms with Gasteiger partial charge in [-0.25, -0.2) is 0 Å². The van der Waals surface area contributed by atoms with E-state index in [0.29, 0.717) is 0 Å². The summed E-state index contributed by atoms with van der Waals surface area (Å²) in [5.41, 5.74) is 3.18. The normalized spacial score (nSPS) is 12.6. The molecule has 1 unspecified atom stereocenters. The van der Waals surface area contributed by atoms with Gasteiger partial charge in [0, 0.05) is 4.88 Å². The minimum absolute atomic E-state index is 0.231. The Morgan fingerprint density at radius 3 is 2.82 bits per heavy atom. The fraction of sp³-hybridized carbons (Fsp3) is 0.385. The van der Waals surface area contributed by atoms with Crippen molar-refractivity contribution in [2.24, 2.45) is 0 Å². The summed E-state index contributed by atoms with van der Waals surface area (Å²) in [4.78, 5) is 1.32. The summed E-state index contributed by atoms with van der Waals surface area (Å²) in [6, 6.07) is 6.60. The number of rotatable bonds is 4. The predicted octanol–water partition coefficient (Wildman–Crippen LogP) is 2.85. The van der Waals surface area contributed by atoms with Gasteiger partial charge in [0.25, 0.3) is 0 Å². The first-order chi connectivity index (χ1) is 8.22. The molecular weight excluding hydrogens is 230 g/mol. The lowest BCUT2D eigenvalue weighted by Crippen LogP contribution is -2.22. The molecule has 0 aliphatic carbocycles. The maximum Gasteiger partial charge on any atom is 0.0690 e. The van der Waals surface area contributed by atoms with Gasteiger partial charge in [-0.05, 0) is 43.5 Å². The smallest absolute Gasteiger partial charge is 0.0690 e. The molecule has 1 N–H and O–H groups in total. The second kappa shape index (κ2) is 5.38. The fourth-order valence-corrected chi connectivity index (χ4v) is 2.70. The largest absolute Gasteiger partial charge is 0.306 e. The number of hydrogen-bond acceptors (Lipinski definition) is 4. The highest BCUT2D eigenvalue weighted by Gasteiger charge is 2.17. The summed E-state index contributed by atoms with van der Waals surface area (Å²) in [5.74, 6) is 0. The molecule has 2 heterocycles. The molecule has 0 aromatic carbocycles. The Morgan fingerprint density at radius 2 is 2.18 bits per heavy atom. The van der Waals surface area contributed by atoms with Gasteiger partial charge in [0.05, 0.1) is 17.4 Å². The standard InChI is InChI=1S/C13H17N3S/c1-4-14-13(12-6-5-7-17-12)11-8-9(2)15-16-10(11)3/h5-8,13-14H,4H2,1-3H3. The molecule has 0 saturated heterocycles. The van der Waals surface area contributed by atoms with Gasteiger partial charge in [0.2, 0.25) is 0 Å². The molecule has 0 bridgehead atoms. The van der Waals surface area contributed by atoms with Crippen LogP contribution in [0, 0.1) is 13.8 Å². The Hall–Kier alpha value is -1.26. The van der Waals surface area contributed by atoms with Crippen molar-refractivity contribution in [3.63, 3.8) is 0 Å². The molecule has 0 aliphatic rings. The Kier molecular flexibility index (Phi) is 3.86. The first-order valence-corrected chi connectivity index (χ1v) is 6.68. The zero-order valence-corrected chi connectivity index (χ0v) is 11.2. The SMILES string of the molecule is CCNC(c1cccs1)c1cc(C)nnc1C. The third kappa shape index (κ3) is 2.70. The van der Waals surface area contributed by atoms with Crippen molar-refractivity contribution in [2.45, 2.75) is 26.8 Å². The number of nitrogens with one attached hydrogen (secondary N) is 1. The van der Waals surface area contributed by atoms with E-state index >= 15 is 0 Å². The Bertz CT molecular complexity index is 479. The van der Waals surface area contributed by atoms with E-state index in [1.54, 1.807) is 11.3 Å². The third-order valence-corrected chi connectivity index (χ3v) is 3.62. The highest BCUT2D eigenvalue weighted by molar-refractivity contribution is 7.10. The average molecular weight is 247 g/mol. The van der Waals surface area contributed by atoms with Crippen LogP contribution in [0.2, 0.25) is 0 Å². The van der Waals surface area contributed by atoms with Crippen molar-refractivity contribution in [3.8, 4) is 0 Å². The number of hydrogen-bond donors (Lipinski definition) is 1. The molecule has 0 fully saturated rings. The van der Waals surface area contributed by atoms with E-state index in [4.69, 9.17) is 0 Å². The van der Waals surface area contributed by atoms with E-state index in [1.165, 1.54) is 10.4 Å². The van der Waals surface area contributed by atoms with Crippen LogP contribution in [0.3, 0.4) is 0 Å². The van der Waals surface area contributed by atoms with Gasteiger partial charge in [0.1, 0.15) is 0 Å². The maximum absolute atomic E-state index is 4.21. The summed E-state index contributed by atoms with van der Waals surface area (Å²) >= 11 is 1.77. The molecule has 0 spiro atoms. The lowest BCUT2D eigenvalue weighted by atomic mass is 10.0. The fourth-order valence-electron chi connectivity index (χ4n) is 1.89. The molecule has 1 atom stereocenters. The van der Waals surface area contributed by atoms with E-state index < -0.39 is 0 Å². The Balaban J connectivity index is 2.42. The highest BCUT2D eigenvalue weighted by atomic mass is 32.1. The molecule has 3 nitrogen and oxygen atoms in total. The monoisotopic (exact) mass is 247 g/mol. The average Bonchev–Trinajstić information content (AvgIpc) is 2.83. The number of aryl methyl sites for hydroxylation is 2. The molecule has 2 rings (SSSR count). The minimum Gasteiger partial charge on any atom is -0.306 e. The van der Waals surface area contributed by atoms with Gasteiger partial charge in [-0.15, -0.1) is 11.3 Å². The van der Waals surface area contributed by atoms with E-state index in [-0.39, 0.29) is 6.04 Å². The van der Waals surface area contributed by atoms with Gasteiger partial charge in [-0.2, -0.15) is 10.2 Å². The Labute approximate surface area is 106 Å². The van der Waals surface area contributed by atoms with Crippen molar-refractivity contribution >= 4 is 11.3 Å². The van der Waals surface area contributed by atoms with E-state index in [1.807, 2.05) is 13.8 Å². The molecule has 17 heavy (non-hydrogen) atoms. The molecule has 2 aromatic rings. The predicted molar refractivity (Wildman–Crippen MR) is 71.3 cm³/mol. The van der Waals surface area contributed by atoms with Crippen LogP contribution in [0.5, 0.6) is 0 Å². The molecule has 2 aromatic heterocycles. The van der Waals surface area contributed by atoms with Gasteiger partial charge in [0.15, 0.2) is 0 Å². The molecular formula is C13H17N3S. The first kappa shape index (κ1) is 12.2. The van der Waals surface area contributed by atoms with E-state index in [2.05, 4.69) is 46.0 Å². The second-order valence-corrected chi connectivity index (χ2v) is 5.01. The summed E-state index contributed by atoms with van der Waals surface area (Å²) in [5, 5.41) is 13.9.